The van der Waals surface area contributed by atoms with Crippen LogP contribution in [0.4, 0.5) is 0 Å². The number of hydrogen-bond donors (Lipinski definition) is 1. The van der Waals surface area contributed by atoms with E-state index in [2.05, 4.69) is 11.8 Å². The first kappa shape index (κ1) is 15.0. The number of ether oxygens (including phenoxy) is 1. The summed E-state index contributed by atoms with van der Waals surface area (Å²) in [7, 11) is 0. The summed E-state index contributed by atoms with van der Waals surface area (Å²) in [4.78, 5) is 2.40. The van der Waals surface area contributed by atoms with Crippen molar-refractivity contribution in [2.75, 3.05) is 19.7 Å². The van der Waals surface area contributed by atoms with Gasteiger partial charge in [0, 0.05) is 42.6 Å². The van der Waals surface area contributed by atoms with Crippen LogP contribution in [0.2, 0.25) is 0 Å². The molecule has 1 atom stereocenters. The van der Waals surface area contributed by atoms with E-state index in [0.717, 1.165) is 62.4 Å². The van der Waals surface area contributed by atoms with Crippen LogP contribution in [-0.2, 0) is 24.1 Å². The zero-order valence-electron chi connectivity index (χ0n) is 13.8. The molecule has 2 heterocycles. The van der Waals surface area contributed by atoms with E-state index >= 15 is 0 Å². The van der Waals surface area contributed by atoms with E-state index in [-0.39, 0.29) is 0 Å². The quantitative estimate of drug-likeness (QED) is 0.939. The Bertz CT molecular complexity index is 706. The monoisotopic (exact) mass is 315 g/mol. The molecule has 1 saturated heterocycles. The molecule has 4 heteroatoms. The summed E-state index contributed by atoms with van der Waals surface area (Å²) in [5.41, 5.74) is 3.30. The molecule has 0 spiro atoms. The van der Waals surface area contributed by atoms with Gasteiger partial charge in [-0.1, -0.05) is 6.92 Å². The summed E-state index contributed by atoms with van der Waals surface area (Å²) in [5, 5.41) is 11.6. The van der Waals surface area contributed by atoms with Crippen LogP contribution >= 0.6 is 0 Å². The number of aromatic hydroxyl groups is 1. The summed E-state index contributed by atoms with van der Waals surface area (Å²) in [5.74, 6) is 1.53. The standard InChI is InChI=1S/C19H25NO3/c1-2-13-11-20(9-10-22-13)12-15-16(21)7-8-18-19(15)14-5-3-4-6-17(14)23-18/h7-8,13,21H,2-6,9-12H2,1H3. The minimum atomic E-state index is 0.309. The van der Waals surface area contributed by atoms with Gasteiger partial charge < -0.3 is 14.3 Å². The largest absolute Gasteiger partial charge is 0.508 e. The van der Waals surface area contributed by atoms with Crippen molar-refractivity contribution in [1.82, 2.24) is 4.90 Å². The summed E-state index contributed by atoms with van der Waals surface area (Å²) < 4.78 is 11.8. The Morgan fingerprint density at radius 1 is 1.26 bits per heavy atom. The number of aryl methyl sites for hydroxylation is 2. The van der Waals surface area contributed by atoms with Gasteiger partial charge in [0.05, 0.1) is 12.7 Å². The first-order chi connectivity index (χ1) is 11.3. The van der Waals surface area contributed by atoms with E-state index in [4.69, 9.17) is 9.15 Å². The fourth-order valence-electron chi connectivity index (χ4n) is 3.97. The number of benzene rings is 1. The molecule has 0 bridgehead atoms. The number of fused-ring (bicyclic) bond motifs is 3. The van der Waals surface area contributed by atoms with Crippen LogP contribution in [0.25, 0.3) is 11.0 Å². The van der Waals surface area contributed by atoms with E-state index in [1.165, 1.54) is 23.8 Å². The van der Waals surface area contributed by atoms with Gasteiger partial charge in [0.1, 0.15) is 17.1 Å². The van der Waals surface area contributed by atoms with Crippen molar-refractivity contribution < 1.29 is 14.3 Å². The molecule has 0 amide bonds. The third-order valence-electron chi connectivity index (χ3n) is 5.26. The van der Waals surface area contributed by atoms with Crippen molar-refractivity contribution in [3.05, 3.63) is 29.0 Å². The average Bonchev–Trinajstić information content (AvgIpc) is 2.96. The lowest BCUT2D eigenvalue weighted by molar-refractivity contribution is -0.0325. The highest BCUT2D eigenvalue weighted by molar-refractivity contribution is 5.88. The maximum absolute atomic E-state index is 10.5. The molecule has 1 aromatic carbocycles. The first-order valence-electron chi connectivity index (χ1n) is 8.85. The third-order valence-corrected chi connectivity index (χ3v) is 5.26. The van der Waals surface area contributed by atoms with Gasteiger partial charge in [0.2, 0.25) is 0 Å². The van der Waals surface area contributed by atoms with Gasteiger partial charge in [-0.3, -0.25) is 4.90 Å². The highest BCUT2D eigenvalue weighted by Crippen LogP contribution is 2.38. The Labute approximate surface area is 137 Å². The van der Waals surface area contributed by atoms with Gasteiger partial charge >= 0.3 is 0 Å². The average molecular weight is 315 g/mol. The van der Waals surface area contributed by atoms with Crippen molar-refractivity contribution in [1.29, 1.82) is 0 Å². The molecule has 1 unspecified atom stereocenters. The second-order valence-corrected chi connectivity index (χ2v) is 6.78. The van der Waals surface area contributed by atoms with E-state index in [1.807, 2.05) is 6.07 Å². The molecular weight excluding hydrogens is 290 g/mol. The molecule has 2 aliphatic rings. The Balaban J connectivity index is 1.71. The Hall–Kier alpha value is -1.52. The number of furan rings is 1. The second-order valence-electron chi connectivity index (χ2n) is 6.78. The van der Waals surface area contributed by atoms with Crippen LogP contribution in [0.3, 0.4) is 0 Å². The molecule has 0 radical (unpaired) electrons. The molecule has 4 nitrogen and oxygen atoms in total. The van der Waals surface area contributed by atoms with Gasteiger partial charge in [-0.15, -0.1) is 0 Å². The lowest BCUT2D eigenvalue weighted by Crippen LogP contribution is -2.41. The molecule has 0 saturated carbocycles. The molecule has 4 rings (SSSR count). The van der Waals surface area contributed by atoms with Crippen molar-refractivity contribution in [2.24, 2.45) is 0 Å². The third kappa shape index (κ3) is 2.74. The van der Waals surface area contributed by atoms with Crippen LogP contribution in [0.5, 0.6) is 5.75 Å². The van der Waals surface area contributed by atoms with Crippen LogP contribution in [0.15, 0.2) is 16.5 Å². The zero-order valence-corrected chi connectivity index (χ0v) is 13.8. The summed E-state index contributed by atoms with van der Waals surface area (Å²) >= 11 is 0. The Morgan fingerprint density at radius 3 is 3.00 bits per heavy atom. The van der Waals surface area contributed by atoms with Crippen molar-refractivity contribution in [3.8, 4) is 5.75 Å². The van der Waals surface area contributed by atoms with E-state index in [1.54, 1.807) is 6.07 Å². The second kappa shape index (κ2) is 6.17. The predicted octanol–water partition coefficient (Wildman–Crippen LogP) is 3.63. The predicted molar refractivity (Wildman–Crippen MR) is 89.8 cm³/mol. The number of phenols is 1. The molecule has 1 aliphatic heterocycles. The molecule has 1 N–H and O–H groups in total. The van der Waals surface area contributed by atoms with Crippen LogP contribution in [-0.4, -0.2) is 35.8 Å². The van der Waals surface area contributed by atoms with E-state index in [0.29, 0.717) is 11.9 Å². The van der Waals surface area contributed by atoms with Crippen molar-refractivity contribution in [2.45, 2.75) is 51.7 Å². The maximum Gasteiger partial charge on any atom is 0.135 e. The molecule has 124 valence electrons. The number of morpholine rings is 1. The first-order valence-corrected chi connectivity index (χ1v) is 8.85. The fourth-order valence-corrected chi connectivity index (χ4v) is 3.97. The van der Waals surface area contributed by atoms with Crippen LogP contribution < -0.4 is 0 Å². The summed E-state index contributed by atoms with van der Waals surface area (Å²) in [6, 6.07) is 3.70. The fraction of sp³-hybridized carbons (Fsp3) is 0.579. The summed E-state index contributed by atoms with van der Waals surface area (Å²) in [6.07, 6.45) is 5.86. The molecule has 2 aromatic rings. The SMILES string of the molecule is CCC1CN(Cc2c(O)ccc3oc4c(c23)CCCC4)CCO1. The van der Waals surface area contributed by atoms with Gasteiger partial charge in [-0.25, -0.2) is 0 Å². The molecular formula is C19H25NO3. The van der Waals surface area contributed by atoms with Gasteiger partial charge in [0.25, 0.3) is 0 Å². The highest BCUT2D eigenvalue weighted by atomic mass is 16.5. The van der Waals surface area contributed by atoms with E-state index < -0.39 is 0 Å². The van der Waals surface area contributed by atoms with Crippen molar-refractivity contribution >= 4 is 11.0 Å². The minimum Gasteiger partial charge on any atom is -0.508 e. The number of hydrogen-bond acceptors (Lipinski definition) is 4. The number of phenolic OH excluding ortho intramolecular Hbond substituents is 1. The molecule has 23 heavy (non-hydrogen) atoms. The van der Waals surface area contributed by atoms with Crippen LogP contribution in [0.1, 0.15) is 43.1 Å². The molecule has 1 aromatic heterocycles. The number of nitrogens with zero attached hydrogens (tertiary/aromatic N) is 1. The maximum atomic E-state index is 10.5. The molecule has 1 fully saturated rings. The van der Waals surface area contributed by atoms with Gasteiger partial charge in [-0.05, 0) is 37.8 Å². The highest BCUT2D eigenvalue weighted by Gasteiger charge is 2.25. The topological polar surface area (TPSA) is 45.8 Å². The minimum absolute atomic E-state index is 0.309. The lowest BCUT2D eigenvalue weighted by Gasteiger charge is -2.32. The normalized spacial score (nSPS) is 22.4. The van der Waals surface area contributed by atoms with Crippen LogP contribution in [0, 0.1) is 0 Å². The Kier molecular flexibility index (Phi) is 4.04. The van der Waals surface area contributed by atoms with Crippen molar-refractivity contribution in [3.63, 3.8) is 0 Å². The van der Waals surface area contributed by atoms with Gasteiger partial charge in [-0.2, -0.15) is 0 Å². The molecule has 1 aliphatic carbocycles. The Morgan fingerprint density at radius 2 is 2.13 bits per heavy atom. The van der Waals surface area contributed by atoms with Gasteiger partial charge in [0.15, 0.2) is 0 Å². The van der Waals surface area contributed by atoms with E-state index in [9.17, 15) is 5.11 Å². The lowest BCUT2D eigenvalue weighted by atomic mass is 9.93. The zero-order chi connectivity index (χ0) is 15.8. The smallest absolute Gasteiger partial charge is 0.135 e. The number of rotatable bonds is 3. The summed E-state index contributed by atoms with van der Waals surface area (Å²) in [6.45, 7) is 5.57.